The number of amides is 1. The van der Waals surface area contributed by atoms with E-state index in [2.05, 4.69) is 10.4 Å². The van der Waals surface area contributed by atoms with Crippen molar-refractivity contribution in [3.8, 4) is 0 Å². The highest BCUT2D eigenvalue weighted by atomic mass is 35.5. The Kier molecular flexibility index (Phi) is 3.96. The third-order valence-electron chi connectivity index (χ3n) is 2.52. The minimum Gasteiger partial charge on any atom is -0.478 e. The fourth-order valence-electron chi connectivity index (χ4n) is 1.61. The quantitative estimate of drug-likeness (QED) is 0.912. The van der Waals surface area contributed by atoms with E-state index in [1.54, 1.807) is 7.05 Å². The van der Waals surface area contributed by atoms with E-state index in [0.717, 1.165) is 0 Å². The summed E-state index contributed by atoms with van der Waals surface area (Å²) in [6, 6.07) is 2.77. The van der Waals surface area contributed by atoms with E-state index in [4.69, 9.17) is 28.3 Å². The molecule has 0 fully saturated rings. The monoisotopic (exact) mass is 313 g/mol. The van der Waals surface area contributed by atoms with Gasteiger partial charge in [0.1, 0.15) is 5.56 Å². The van der Waals surface area contributed by atoms with Crippen LogP contribution in [-0.2, 0) is 7.05 Å². The van der Waals surface area contributed by atoms with Crippen molar-refractivity contribution in [1.29, 1.82) is 0 Å². The molecule has 2 aromatic rings. The van der Waals surface area contributed by atoms with Crippen LogP contribution in [0.1, 0.15) is 20.7 Å². The zero-order chi connectivity index (χ0) is 14.9. The molecule has 0 saturated carbocycles. The van der Waals surface area contributed by atoms with Crippen molar-refractivity contribution in [2.45, 2.75) is 0 Å². The number of carbonyl (C=O) groups is 2. The number of aryl methyl sites for hydroxylation is 1. The first-order valence-corrected chi connectivity index (χ1v) is 6.17. The average molecular weight is 314 g/mol. The summed E-state index contributed by atoms with van der Waals surface area (Å²) in [4.78, 5) is 23.2. The highest BCUT2D eigenvalue weighted by Crippen LogP contribution is 2.32. The number of hydrogen-bond donors (Lipinski definition) is 2. The van der Waals surface area contributed by atoms with E-state index in [-0.39, 0.29) is 26.9 Å². The lowest BCUT2D eigenvalue weighted by Crippen LogP contribution is -2.15. The second-order valence-electron chi connectivity index (χ2n) is 3.94. The topological polar surface area (TPSA) is 84.2 Å². The predicted molar refractivity (Wildman–Crippen MR) is 74.6 cm³/mol. The van der Waals surface area contributed by atoms with Crippen LogP contribution >= 0.6 is 23.2 Å². The first-order valence-electron chi connectivity index (χ1n) is 5.41. The standard InChI is InChI=1S/C12H9Cl2N3O3/c1-17-5-6(4-15-17)11(18)16-10-8(14)3-2-7(13)9(10)12(19)20/h2-5H,1H3,(H,16,18)(H,19,20). The summed E-state index contributed by atoms with van der Waals surface area (Å²) in [7, 11) is 1.66. The number of aromatic nitrogens is 2. The number of aromatic carboxylic acids is 1. The van der Waals surface area contributed by atoms with Crippen LogP contribution in [0.5, 0.6) is 0 Å². The number of anilines is 1. The summed E-state index contributed by atoms with van der Waals surface area (Å²) in [6.45, 7) is 0. The van der Waals surface area contributed by atoms with Crippen LogP contribution in [0.4, 0.5) is 5.69 Å². The van der Waals surface area contributed by atoms with Crippen LogP contribution < -0.4 is 5.32 Å². The summed E-state index contributed by atoms with van der Waals surface area (Å²) in [5.74, 6) is -1.80. The summed E-state index contributed by atoms with van der Waals surface area (Å²) in [5, 5.41) is 15.5. The molecule has 0 aliphatic heterocycles. The Labute approximate surface area is 123 Å². The van der Waals surface area contributed by atoms with Crippen molar-refractivity contribution >= 4 is 40.8 Å². The second kappa shape index (κ2) is 5.52. The van der Waals surface area contributed by atoms with Gasteiger partial charge in [-0.05, 0) is 12.1 Å². The second-order valence-corrected chi connectivity index (χ2v) is 4.76. The maximum Gasteiger partial charge on any atom is 0.339 e. The molecule has 1 aromatic heterocycles. The molecule has 0 aliphatic carbocycles. The van der Waals surface area contributed by atoms with Gasteiger partial charge in [-0.3, -0.25) is 9.48 Å². The Bertz CT molecular complexity index is 697. The smallest absolute Gasteiger partial charge is 0.339 e. The zero-order valence-corrected chi connectivity index (χ0v) is 11.7. The Balaban J connectivity index is 2.41. The van der Waals surface area contributed by atoms with Gasteiger partial charge in [0.15, 0.2) is 0 Å². The van der Waals surface area contributed by atoms with Gasteiger partial charge in [0.2, 0.25) is 0 Å². The molecule has 0 aliphatic rings. The Hall–Kier alpha value is -2.05. The van der Waals surface area contributed by atoms with Crippen molar-refractivity contribution in [3.05, 3.63) is 45.7 Å². The minimum absolute atomic E-state index is 0.0108. The van der Waals surface area contributed by atoms with Crippen molar-refractivity contribution in [2.75, 3.05) is 5.32 Å². The fourth-order valence-corrected chi connectivity index (χ4v) is 2.05. The molecule has 1 heterocycles. The van der Waals surface area contributed by atoms with E-state index in [9.17, 15) is 9.59 Å². The van der Waals surface area contributed by atoms with Crippen LogP contribution in [0.3, 0.4) is 0 Å². The maximum absolute atomic E-state index is 12.0. The summed E-state index contributed by atoms with van der Waals surface area (Å²) in [6.07, 6.45) is 2.85. The molecule has 1 aromatic carbocycles. The Morgan fingerprint density at radius 1 is 1.30 bits per heavy atom. The highest BCUT2D eigenvalue weighted by Gasteiger charge is 2.20. The molecular formula is C12H9Cl2N3O3. The molecule has 8 heteroatoms. The number of carboxylic acid groups (broad SMARTS) is 1. The molecule has 0 spiro atoms. The van der Waals surface area contributed by atoms with Gasteiger partial charge in [0.25, 0.3) is 5.91 Å². The van der Waals surface area contributed by atoms with Gasteiger partial charge in [-0.15, -0.1) is 0 Å². The molecule has 0 saturated heterocycles. The largest absolute Gasteiger partial charge is 0.478 e. The zero-order valence-electron chi connectivity index (χ0n) is 10.2. The van der Waals surface area contributed by atoms with Crippen LogP contribution in [0.15, 0.2) is 24.5 Å². The number of nitrogens with zero attached hydrogens (tertiary/aromatic N) is 2. The fraction of sp³-hybridized carbons (Fsp3) is 0.0833. The van der Waals surface area contributed by atoms with Crippen LogP contribution in [-0.4, -0.2) is 26.8 Å². The van der Waals surface area contributed by atoms with Gasteiger partial charge in [-0.2, -0.15) is 5.10 Å². The Morgan fingerprint density at radius 3 is 2.50 bits per heavy atom. The maximum atomic E-state index is 12.0. The SMILES string of the molecule is Cn1cc(C(=O)Nc2c(Cl)ccc(Cl)c2C(=O)O)cn1. The number of halogens is 2. The third-order valence-corrected chi connectivity index (χ3v) is 3.15. The first-order chi connectivity index (χ1) is 9.40. The molecule has 104 valence electrons. The predicted octanol–water partition coefficient (Wildman–Crippen LogP) is 2.68. The van der Waals surface area contributed by atoms with Gasteiger partial charge >= 0.3 is 5.97 Å². The lowest BCUT2D eigenvalue weighted by Gasteiger charge is -2.11. The lowest BCUT2D eigenvalue weighted by atomic mass is 10.1. The average Bonchev–Trinajstić information content (AvgIpc) is 2.80. The molecule has 6 nitrogen and oxygen atoms in total. The number of hydrogen-bond acceptors (Lipinski definition) is 3. The van der Waals surface area contributed by atoms with Crippen molar-refractivity contribution in [2.24, 2.45) is 7.05 Å². The molecule has 2 N–H and O–H groups in total. The highest BCUT2D eigenvalue weighted by molar-refractivity contribution is 6.38. The summed E-state index contributed by atoms with van der Waals surface area (Å²) in [5.41, 5.74) is -0.0168. The van der Waals surface area contributed by atoms with Crippen molar-refractivity contribution < 1.29 is 14.7 Å². The van der Waals surface area contributed by atoms with Crippen molar-refractivity contribution in [1.82, 2.24) is 9.78 Å². The van der Waals surface area contributed by atoms with Crippen LogP contribution in [0.2, 0.25) is 10.0 Å². The van der Waals surface area contributed by atoms with E-state index in [1.165, 1.54) is 29.2 Å². The third kappa shape index (κ3) is 2.76. The van der Waals surface area contributed by atoms with Gasteiger partial charge in [-0.1, -0.05) is 23.2 Å². The number of carboxylic acids is 1. The molecule has 2 rings (SSSR count). The minimum atomic E-state index is -1.28. The summed E-state index contributed by atoms with van der Waals surface area (Å²) >= 11 is 11.7. The number of nitrogens with one attached hydrogen (secondary N) is 1. The molecule has 1 amide bonds. The molecular weight excluding hydrogens is 305 g/mol. The molecule has 20 heavy (non-hydrogen) atoms. The molecule has 0 unspecified atom stereocenters. The number of benzene rings is 1. The first kappa shape index (κ1) is 14.4. The molecule has 0 atom stereocenters. The summed E-state index contributed by atoms with van der Waals surface area (Å²) < 4.78 is 1.45. The number of rotatable bonds is 3. The van der Waals surface area contributed by atoms with Gasteiger partial charge < -0.3 is 10.4 Å². The Morgan fingerprint density at radius 2 is 1.95 bits per heavy atom. The van der Waals surface area contributed by atoms with Crippen molar-refractivity contribution in [3.63, 3.8) is 0 Å². The van der Waals surface area contributed by atoms with Crippen LogP contribution in [0, 0.1) is 0 Å². The van der Waals surface area contributed by atoms with E-state index in [1.807, 2.05) is 0 Å². The van der Waals surface area contributed by atoms with E-state index in [0.29, 0.717) is 0 Å². The van der Waals surface area contributed by atoms with E-state index >= 15 is 0 Å². The number of carbonyl (C=O) groups excluding carboxylic acids is 1. The lowest BCUT2D eigenvalue weighted by molar-refractivity contribution is 0.0698. The van der Waals surface area contributed by atoms with Gasteiger partial charge in [-0.25, -0.2) is 4.79 Å². The van der Waals surface area contributed by atoms with Gasteiger partial charge in [0.05, 0.1) is 27.5 Å². The molecule has 0 bridgehead atoms. The van der Waals surface area contributed by atoms with Gasteiger partial charge in [0, 0.05) is 13.2 Å². The van der Waals surface area contributed by atoms with Crippen LogP contribution in [0.25, 0.3) is 0 Å². The normalized spacial score (nSPS) is 10.3. The molecule has 0 radical (unpaired) electrons. The van der Waals surface area contributed by atoms with E-state index < -0.39 is 11.9 Å².